The monoisotopic (exact) mass is 573 g/mol. The molecular formula is C30H37BrFNO2S. The molecule has 194 valence electrons. The van der Waals surface area contributed by atoms with Crippen LogP contribution in [0.1, 0.15) is 45.2 Å². The smallest absolute Gasteiger partial charge is 0.134 e. The molecule has 0 aliphatic carbocycles. The molecule has 0 amide bonds. The lowest BCUT2D eigenvalue weighted by Crippen LogP contribution is -2.08. The molecule has 36 heavy (non-hydrogen) atoms. The molecule has 3 aromatic rings. The van der Waals surface area contributed by atoms with Crippen LogP contribution in [0.4, 0.5) is 4.39 Å². The van der Waals surface area contributed by atoms with Crippen LogP contribution in [-0.4, -0.2) is 18.5 Å². The van der Waals surface area contributed by atoms with Crippen LogP contribution in [0.15, 0.2) is 94.0 Å². The van der Waals surface area contributed by atoms with Gasteiger partial charge in [0.25, 0.3) is 0 Å². The van der Waals surface area contributed by atoms with E-state index in [1.807, 2.05) is 70.3 Å². The summed E-state index contributed by atoms with van der Waals surface area (Å²) in [5.74, 6) is 1.41. The van der Waals surface area contributed by atoms with E-state index in [9.17, 15) is 4.39 Å². The fourth-order valence-electron chi connectivity index (χ4n) is 2.84. The lowest BCUT2D eigenvalue weighted by atomic mass is 10.2. The van der Waals surface area contributed by atoms with Gasteiger partial charge >= 0.3 is 0 Å². The molecule has 0 unspecified atom stereocenters. The fourth-order valence-corrected chi connectivity index (χ4v) is 4.22. The number of hydrogen-bond donors (Lipinski definition) is 0. The van der Waals surface area contributed by atoms with Gasteiger partial charge in [-0.05, 0) is 120 Å². The predicted octanol–water partition coefficient (Wildman–Crippen LogP) is 9.47. The summed E-state index contributed by atoms with van der Waals surface area (Å²) in [7, 11) is 3.66. The van der Waals surface area contributed by atoms with Crippen molar-refractivity contribution < 1.29 is 13.9 Å². The van der Waals surface area contributed by atoms with E-state index >= 15 is 0 Å². The molecule has 0 spiro atoms. The van der Waals surface area contributed by atoms with E-state index in [0.29, 0.717) is 6.61 Å². The van der Waals surface area contributed by atoms with E-state index < -0.39 is 0 Å². The Balaban J connectivity index is 0.000000710. The number of allylic oxidation sites excluding steroid dienone is 1. The molecule has 0 aromatic heterocycles. The molecular weight excluding hydrogens is 537 g/mol. The molecule has 3 aromatic carbocycles. The van der Waals surface area contributed by atoms with E-state index in [-0.39, 0.29) is 5.82 Å². The second kappa shape index (κ2) is 18.7. The molecule has 0 bridgehead atoms. The van der Waals surface area contributed by atoms with Gasteiger partial charge in [-0.15, -0.1) is 5.73 Å². The molecule has 3 nitrogen and oxygen atoms in total. The van der Waals surface area contributed by atoms with Gasteiger partial charge in [0.1, 0.15) is 23.9 Å². The molecule has 0 heterocycles. The van der Waals surface area contributed by atoms with Crippen molar-refractivity contribution in [3.8, 4) is 11.5 Å². The molecule has 3 rings (SSSR count). The Bertz CT molecular complexity index is 1070. The Morgan fingerprint density at radius 1 is 1.00 bits per heavy atom. The van der Waals surface area contributed by atoms with Crippen molar-refractivity contribution in [3.05, 3.63) is 106 Å². The van der Waals surface area contributed by atoms with Crippen molar-refractivity contribution in [3.63, 3.8) is 0 Å². The highest BCUT2D eigenvalue weighted by molar-refractivity contribution is 9.10. The first-order valence-electron chi connectivity index (χ1n) is 12.0. The third-order valence-corrected chi connectivity index (χ3v) is 6.06. The van der Waals surface area contributed by atoms with Crippen molar-refractivity contribution in [1.82, 2.24) is 4.31 Å². The fraction of sp³-hybridized carbons (Fsp3) is 0.300. The van der Waals surface area contributed by atoms with Gasteiger partial charge in [0.15, 0.2) is 0 Å². The maximum atomic E-state index is 13.0. The number of rotatable bonds is 9. The molecule has 6 heteroatoms. The summed E-state index contributed by atoms with van der Waals surface area (Å²) in [6.07, 6.45) is 4.99. The SMILES string of the molecule is CC.CC=C=CCC.COc1ccc(COc2ccc(CN(C)Sc3ccc(F)cc3)cc2Br)cc1. The van der Waals surface area contributed by atoms with E-state index in [0.717, 1.165) is 45.0 Å². The second-order valence-electron chi connectivity index (χ2n) is 7.30. The van der Waals surface area contributed by atoms with Crippen LogP contribution in [0.3, 0.4) is 0 Å². The Morgan fingerprint density at radius 3 is 2.17 bits per heavy atom. The van der Waals surface area contributed by atoms with Gasteiger partial charge in [-0.3, -0.25) is 0 Å². The minimum absolute atomic E-state index is 0.221. The normalized spacial score (nSPS) is 9.69. The number of ether oxygens (including phenoxy) is 2. The quantitative estimate of drug-likeness (QED) is 0.187. The van der Waals surface area contributed by atoms with Crippen LogP contribution in [0.25, 0.3) is 0 Å². The van der Waals surface area contributed by atoms with Gasteiger partial charge in [-0.2, -0.15) is 0 Å². The van der Waals surface area contributed by atoms with Crippen LogP contribution in [0.5, 0.6) is 11.5 Å². The zero-order valence-electron chi connectivity index (χ0n) is 22.1. The van der Waals surface area contributed by atoms with Crippen molar-refractivity contribution >= 4 is 27.9 Å². The van der Waals surface area contributed by atoms with Crippen LogP contribution >= 0.6 is 27.9 Å². The largest absolute Gasteiger partial charge is 0.497 e. The summed E-state index contributed by atoms with van der Waals surface area (Å²) < 4.78 is 27.1. The molecule has 0 aliphatic rings. The molecule has 0 aliphatic heterocycles. The van der Waals surface area contributed by atoms with Crippen LogP contribution in [-0.2, 0) is 13.2 Å². The van der Waals surface area contributed by atoms with Gasteiger partial charge in [0.2, 0.25) is 0 Å². The zero-order chi connectivity index (χ0) is 26.8. The number of benzene rings is 3. The van der Waals surface area contributed by atoms with Gasteiger partial charge < -0.3 is 9.47 Å². The highest BCUT2D eigenvalue weighted by Crippen LogP contribution is 2.29. The molecule has 0 saturated carbocycles. The lowest BCUT2D eigenvalue weighted by molar-refractivity contribution is 0.304. The molecule has 0 atom stereocenters. The number of hydrogen-bond acceptors (Lipinski definition) is 4. The molecule has 0 fully saturated rings. The maximum Gasteiger partial charge on any atom is 0.134 e. The average Bonchev–Trinajstić information content (AvgIpc) is 2.90. The highest BCUT2D eigenvalue weighted by atomic mass is 79.9. The highest BCUT2D eigenvalue weighted by Gasteiger charge is 2.07. The van der Waals surface area contributed by atoms with E-state index in [1.165, 1.54) is 12.1 Å². The van der Waals surface area contributed by atoms with Crippen molar-refractivity contribution in [1.29, 1.82) is 0 Å². The van der Waals surface area contributed by atoms with Crippen LogP contribution in [0.2, 0.25) is 0 Å². The van der Waals surface area contributed by atoms with Crippen LogP contribution < -0.4 is 9.47 Å². The van der Waals surface area contributed by atoms with Crippen molar-refractivity contribution in [2.45, 2.75) is 52.2 Å². The van der Waals surface area contributed by atoms with E-state index in [4.69, 9.17) is 9.47 Å². The minimum atomic E-state index is -0.221. The first-order valence-corrected chi connectivity index (χ1v) is 13.6. The zero-order valence-corrected chi connectivity index (χ0v) is 24.5. The first-order chi connectivity index (χ1) is 17.4. The van der Waals surface area contributed by atoms with E-state index in [1.54, 1.807) is 31.2 Å². The molecule has 0 radical (unpaired) electrons. The van der Waals surface area contributed by atoms with E-state index in [2.05, 4.69) is 45.0 Å². The number of nitrogens with zero attached hydrogens (tertiary/aromatic N) is 1. The van der Waals surface area contributed by atoms with Crippen molar-refractivity contribution in [2.24, 2.45) is 0 Å². The second-order valence-corrected chi connectivity index (χ2v) is 9.43. The summed E-state index contributed by atoms with van der Waals surface area (Å²) in [6, 6.07) is 20.4. The first kappa shape index (κ1) is 31.5. The third-order valence-electron chi connectivity index (χ3n) is 4.52. The van der Waals surface area contributed by atoms with Gasteiger partial charge in [-0.1, -0.05) is 39.0 Å². The molecule has 0 saturated heterocycles. The Labute approximate surface area is 229 Å². The Kier molecular flexibility index (Phi) is 16.4. The molecule has 0 N–H and O–H groups in total. The number of methoxy groups -OCH3 is 1. The van der Waals surface area contributed by atoms with Gasteiger partial charge in [0, 0.05) is 11.4 Å². The Morgan fingerprint density at radius 2 is 1.64 bits per heavy atom. The third kappa shape index (κ3) is 12.5. The summed E-state index contributed by atoms with van der Waals surface area (Å²) in [4.78, 5) is 1.00. The van der Waals surface area contributed by atoms with Crippen LogP contribution in [0, 0.1) is 5.82 Å². The maximum absolute atomic E-state index is 13.0. The summed E-state index contributed by atoms with van der Waals surface area (Å²) in [6.45, 7) is 9.30. The number of halogens is 2. The van der Waals surface area contributed by atoms with Crippen molar-refractivity contribution in [2.75, 3.05) is 14.2 Å². The summed E-state index contributed by atoms with van der Waals surface area (Å²) >= 11 is 5.17. The summed E-state index contributed by atoms with van der Waals surface area (Å²) in [5.41, 5.74) is 5.18. The Hall–Kier alpha value is -2.50. The average molecular weight is 575 g/mol. The predicted molar refractivity (Wildman–Crippen MR) is 155 cm³/mol. The standard InChI is InChI=1S/C22H21BrFNO2S.C6H10.C2H6/c1-25(28-20-10-6-18(24)7-11-20)14-17-5-12-22(21(23)13-17)27-15-16-3-8-19(26-2)9-4-16;1-3-5-6-4-2;1-2/h3-13H,14-15H2,1-2H3;3,6H,4H2,1-2H3;1-2H3. The topological polar surface area (TPSA) is 21.7 Å². The summed E-state index contributed by atoms with van der Waals surface area (Å²) in [5, 5.41) is 0. The van der Waals surface area contributed by atoms with Gasteiger partial charge in [0.05, 0.1) is 11.6 Å². The minimum Gasteiger partial charge on any atom is -0.497 e. The van der Waals surface area contributed by atoms with Gasteiger partial charge in [-0.25, -0.2) is 8.70 Å². The lowest BCUT2D eigenvalue weighted by Gasteiger charge is -2.16.